The molecule has 6 rings (SSSR count). The first-order valence-electron chi connectivity index (χ1n) is 17.6. The zero-order chi connectivity index (χ0) is 34.4. The van der Waals surface area contributed by atoms with Crippen LogP contribution in [-0.4, -0.2) is 15.4 Å². The van der Waals surface area contributed by atoms with E-state index in [-0.39, 0.29) is 0 Å². The highest BCUT2D eigenvalue weighted by atomic mass is 28.4. The average Bonchev–Trinajstić information content (AvgIpc) is 3.16. The van der Waals surface area contributed by atoms with Gasteiger partial charge in [-0.3, -0.25) is 0 Å². The highest BCUT2D eigenvalue weighted by Crippen LogP contribution is 2.38. The minimum atomic E-state index is -1.91. The molecular formula is C45H48N2OSi. The summed E-state index contributed by atoms with van der Waals surface area (Å²) in [5.41, 5.74) is 13.2. The van der Waals surface area contributed by atoms with Crippen molar-refractivity contribution in [1.82, 2.24) is 0 Å². The fraction of sp³-hybridized carbons (Fsp3) is 0.200. The second kappa shape index (κ2) is 15.1. The molecule has 0 atom stereocenters. The van der Waals surface area contributed by atoms with Crippen LogP contribution in [0.1, 0.15) is 37.5 Å². The minimum Gasteiger partial charge on any atom is -0.416 e. The lowest BCUT2D eigenvalue weighted by molar-refractivity contribution is 0.416. The number of anilines is 6. The van der Waals surface area contributed by atoms with E-state index in [1.807, 2.05) is 7.11 Å². The smallest absolute Gasteiger partial charge is 0.217 e. The van der Waals surface area contributed by atoms with Crippen molar-refractivity contribution in [3.8, 4) is 11.1 Å². The summed E-state index contributed by atoms with van der Waals surface area (Å²) in [6, 6.07) is 53.5. The lowest BCUT2D eigenvalue weighted by atomic mass is 10.0. The maximum absolute atomic E-state index is 5.88. The first-order chi connectivity index (χ1) is 23.8. The Bertz CT molecular complexity index is 1880. The molecule has 0 aromatic heterocycles. The van der Waals surface area contributed by atoms with Gasteiger partial charge < -0.3 is 14.2 Å². The second-order valence-corrected chi connectivity index (χ2v) is 17.1. The molecule has 0 radical (unpaired) electrons. The van der Waals surface area contributed by atoms with Crippen molar-refractivity contribution < 1.29 is 4.43 Å². The molecule has 0 fully saturated rings. The van der Waals surface area contributed by atoms with E-state index >= 15 is 0 Å². The fourth-order valence-corrected chi connectivity index (χ4v) is 7.48. The third-order valence-corrected chi connectivity index (χ3v) is 12.5. The van der Waals surface area contributed by atoms with E-state index in [1.54, 1.807) is 0 Å². The Balaban J connectivity index is 1.31. The van der Waals surface area contributed by atoms with Gasteiger partial charge in [-0.05, 0) is 138 Å². The van der Waals surface area contributed by atoms with Crippen molar-refractivity contribution in [3.05, 3.63) is 162 Å². The van der Waals surface area contributed by atoms with Crippen LogP contribution >= 0.6 is 0 Å². The maximum Gasteiger partial charge on any atom is 0.217 e. The monoisotopic (exact) mass is 660 g/mol. The Morgan fingerprint density at radius 3 is 0.878 bits per heavy atom. The number of hydrogen-bond acceptors (Lipinski definition) is 3. The Hall–Kier alpha value is -4.90. The summed E-state index contributed by atoms with van der Waals surface area (Å²) >= 11 is 0. The van der Waals surface area contributed by atoms with E-state index in [0.717, 1.165) is 53.4 Å². The molecule has 248 valence electrons. The van der Waals surface area contributed by atoms with Crippen LogP contribution in [0.5, 0.6) is 0 Å². The molecular weight excluding hydrogens is 613 g/mol. The molecule has 0 aliphatic rings. The number of rotatable bonds is 12. The van der Waals surface area contributed by atoms with Gasteiger partial charge in [-0.1, -0.05) is 93.6 Å². The molecule has 4 heteroatoms. The predicted octanol–water partition coefficient (Wildman–Crippen LogP) is 12.0. The molecule has 3 nitrogen and oxygen atoms in total. The predicted molar refractivity (Wildman–Crippen MR) is 214 cm³/mol. The van der Waals surface area contributed by atoms with Gasteiger partial charge in [0.1, 0.15) is 0 Å². The summed E-state index contributed by atoms with van der Waals surface area (Å²) in [7, 11) is -0.0843. The Morgan fingerprint density at radius 2 is 0.633 bits per heavy atom. The second-order valence-electron chi connectivity index (χ2n) is 13.1. The summed E-state index contributed by atoms with van der Waals surface area (Å²) in [4.78, 5) is 4.68. The normalized spacial score (nSPS) is 11.4. The Kier molecular flexibility index (Phi) is 10.5. The third kappa shape index (κ3) is 7.56. The topological polar surface area (TPSA) is 15.7 Å². The highest BCUT2D eigenvalue weighted by Gasteiger charge is 2.24. The lowest BCUT2D eigenvalue weighted by Crippen LogP contribution is -2.43. The van der Waals surface area contributed by atoms with Crippen molar-refractivity contribution in [3.63, 3.8) is 0 Å². The molecule has 0 amide bonds. The molecule has 0 saturated carbocycles. The average molecular weight is 661 g/mol. The molecule has 0 spiro atoms. The Morgan fingerprint density at radius 1 is 0.388 bits per heavy atom. The van der Waals surface area contributed by atoms with Crippen LogP contribution in [0.15, 0.2) is 146 Å². The van der Waals surface area contributed by atoms with Gasteiger partial charge in [0.15, 0.2) is 0 Å². The van der Waals surface area contributed by atoms with E-state index in [1.165, 1.54) is 33.0 Å². The maximum atomic E-state index is 5.88. The molecule has 0 saturated heterocycles. The van der Waals surface area contributed by atoms with Gasteiger partial charge in [-0.2, -0.15) is 0 Å². The molecule has 0 bridgehead atoms. The van der Waals surface area contributed by atoms with Crippen molar-refractivity contribution in [1.29, 1.82) is 0 Å². The minimum absolute atomic E-state index is 1.02. The summed E-state index contributed by atoms with van der Waals surface area (Å²) in [6.45, 7) is 11.1. The van der Waals surface area contributed by atoms with E-state index < -0.39 is 8.32 Å². The number of benzene rings is 6. The quantitative estimate of drug-likeness (QED) is 0.122. The van der Waals surface area contributed by atoms with Crippen LogP contribution in [0.25, 0.3) is 11.1 Å². The lowest BCUT2D eigenvalue weighted by Gasteiger charge is -2.27. The molecule has 6 aromatic rings. The molecule has 0 aliphatic carbocycles. The van der Waals surface area contributed by atoms with Gasteiger partial charge in [-0.25, -0.2) is 0 Å². The van der Waals surface area contributed by atoms with Crippen LogP contribution < -0.4 is 15.0 Å². The van der Waals surface area contributed by atoms with Gasteiger partial charge in [0, 0.05) is 41.2 Å². The number of aryl methyl sites for hydroxylation is 3. The standard InChI is InChI=1S/C45H48N2OSi/c1-7-34-10-20-39(21-11-34)46(40-22-12-35(8-2)13-23-40)42-26-16-37(17-27-42)38-18-28-43(29-19-38)47(41-24-14-36(9-3)15-25-41)44-30-32-45(33-31-44)49(5,6)48-4/h10-33H,7-9H2,1-6H3. The SMILES string of the molecule is CCc1ccc(N(c2ccc(CC)cc2)c2ccc(-c3ccc(N(c4ccc(CC)cc4)c4ccc([Si](C)(C)OC)cc4)cc3)cc2)cc1. The molecule has 0 N–H and O–H groups in total. The number of nitrogens with zero attached hydrogens (tertiary/aromatic N) is 2. The number of hydrogen-bond donors (Lipinski definition) is 0. The van der Waals surface area contributed by atoms with Gasteiger partial charge >= 0.3 is 0 Å². The van der Waals surface area contributed by atoms with Crippen LogP contribution in [0.2, 0.25) is 13.1 Å². The summed E-state index contributed by atoms with van der Waals surface area (Å²) in [6.07, 6.45) is 3.08. The van der Waals surface area contributed by atoms with Crippen molar-refractivity contribution in [2.24, 2.45) is 0 Å². The van der Waals surface area contributed by atoms with E-state index in [2.05, 4.69) is 189 Å². The van der Waals surface area contributed by atoms with E-state index in [0.29, 0.717) is 0 Å². The summed E-state index contributed by atoms with van der Waals surface area (Å²) in [5.74, 6) is 0. The van der Waals surface area contributed by atoms with Crippen LogP contribution in [0, 0.1) is 0 Å². The van der Waals surface area contributed by atoms with E-state index in [4.69, 9.17) is 4.43 Å². The zero-order valence-corrected chi connectivity index (χ0v) is 30.8. The van der Waals surface area contributed by atoms with Gasteiger partial charge in [0.25, 0.3) is 0 Å². The third-order valence-electron chi connectivity index (χ3n) is 9.72. The van der Waals surface area contributed by atoms with Crippen LogP contribution in [0.4, 0.5) is 34.1 Å². The van der Waals surface area contributed by atoms with Crippen molar-refractivity contribution >= 4 is 47.6 Å². The molecule has 0 aliphatic heterocycles. The van der Waals surface area contributed by atoms with Gasteiger partial charge in [0.05, 0.1) is 0 Å². The Labute approximate surface area is 294 Å². The first kappa shape index (κ1) is 34.0. The summed E-state index contributed by atoms with van der Waals surface area (Å²) < 4.78 is 5.88. The molecule has 6 aromatic carbocycles. The zero-order valence-electron chi connectivity index (χ0n) is 29.8. The van der Waals surface area contributed by atoms with Crippen molar-refractivity contribution in [2.45, 2.75) is 53.1 Å². The van der Waals surface area contributed by atoms with Gasteiger partial charge in [-0.15, -0.1) is 0 Å². The van der Waals surface area contributed by atoms with Crippen LogP contribution in [-0.2, 0) is 23.7 Å². The van der Waals surface area contributed by atoms with E-state index in [9.17, 15) is 0 Å². The highest BCUT2D eigenvalue weighted by molar-refractivity contribution is 6.84. The fourth-order valence-electron chi connectivity index (χ4n) is 6.27. The van der Waals surface area contributed by atoms with Gasteiger partial charge in [0.2, 0.25) is 8.32 Å². The first-order valence-corrected chi connectivity index (χ1v) is 20.5. The molecule has 49 heavy (non-hydrogen) atoms. The van der Waals surface area contributed by atoms with Crippen molar-refractivity contribution in [2.75, 3.05) is 16.9 Å². The largest absolute Gasteiger partial charge is 0.416 e. The summed E-state index contributed by atoms with van der Waals surface area (Å²) in [5, 5.41) is 1.29. The molecule has 0 unspecified atom stereocenters. The molecule has 0 heterocycles. The van der Waals surface area contributed by atoms with Crippen LogP contribution in [0.3, 0.4) is 0 Å².